The molecule has 0 radical (unpaired) electrons. The molecule has 0 saturated heterocycles. The number of carbonyl (C=O) groups excluding carboxylic acids is 2. The molecule has 6 heteroatoms. The number of rotatable bonds is 3. The van der Waals surface area contributed by atoms with E-state index < -0.39 is 20.8 Å². The Bertz CT molecular complexity index is 368. The number of alkyl halides is 3. The first kappa shape index (κ1) is 16.1. The van der Waals surface area contributed by atoms with Crippen molar-refractivity contribution in [2.45, 2.75) is 49.9 Å². The van der Waals surface area contributed by atoms with Gasteiger partial charge in [0, 0.05) is 0 Å². The van der Waals surface area contributed by atoms with E-state index in [-0.39, 0.29) is 18.1 Å². The summed E-state index contributed by atoms with van der Waals surface area (Å²) in [4.78, 5) is 23.8. The van der Waals surface area contributed by atoms with E-state index in [0.717, 1.165) is 0 Å². The maximum absolute atomic E-state index is 12.1. The fourth-order valence-electron chi connectivity index (χ4n) is 2.05. The van der Waals surface area contributed by atoms with Gasteiger partial charge in [0.25, 0.3) is 0 Å². The van der Waals surface area contributed by atoms with E-state index in [1.807, 2.05) is 0 Å². The van der Waals surface area contributed by atoms with Crippen LogP contribution in [0.25, 0.3) is 0 Å². The highest BCUT2D eigenvalue weighted by molar-refractivity contribution is 6.67. The predicted molar refractivity (Wildman–Crippen MR) is 72.0 cm³/mol. The Labute approximate surface area is 122 Å². The van der Waals surface area contributed by atoms with Gasteiger partial charge in [0.2, 0.25) is 0 Å². The molecule has 0 aromatic carbocycles. The van der Waals surface area contributed by atoms with Gasteiger partial charge in [-0.15, -0.1) is 0 Å². The quantitative estimate of drug-likeness (QED) is 0.453. The number of ether oxygens (including phenoxy) is 1. The molecular weight excluding hydrogens is 298 g/mol. The monoisotopic (exact) mass is 314 g/mol. The molecule has 1 rings (SSSR count). The largest absolute Gasteiger partial charge is 0.459 e. The number of Topliss-reactive ketones (excluding diaryl/α,β-unsaturated/α-hetero) is 1. The molecule has 0 spiro atoms. The van der Waals surface area contributed by atoms with Crippen molar-refractivity contribution in [1.29, 1.82) is 0 Å². The average Bonchev–Trinajstić information content (AvgIpc) is 2.73. The summed E-state index contributed by atoms with van der Waals surface area (Å²) in [7, 11) is 0. The number of halogens is 3. The highest BCUT2D eigenvalue weighted by atomic mass is 35.6. The van der Waals surface area contributed by atoms with Crippen LogP contribution in [-0.4, -0.2) is 21.1 Å². The molecule has 0 aliphatic heterocycles. The summed E-state index contributed by atoms with van der Waals surface area (Å²) in [6.45, 7) is 6.64. The summed E-state index contributed by atoms with van der Waals surface area (Å²) < 4.78 is 3.83. The van der Waals surface area contributed by atoms with Crippen molar-refractivity contribution in [3.63, 3.8) is 0 Å². The van der Waals surface area contributed by atoms with Crippen molar-refractivity contribution in [2.75, 3.05) is 0 Å². The van der Waals surface area contributed by atoms with E-state index in [2.05, 4.69) is 0 Å². The number of carbonyl (C=O) groups is 2. The minimum absolute atomic E-state index is 0.177. The second-order valence-corrected chi connectivity index (χ2v) is 8.27. The number of ketones is 1. The molecule has 0 N–H and O–H groups in total. The molecule has 1 fully saturated rings. The number of esters is 1. The van der Waals surface area contributed by atoms with Crippen molar-refractivity contribution in [3.8, 4) is 0 Å². The van der Waals surface area contributed by atoms with Crippen LogP contribution >= 0.6 is 34.8 Å². The van der Waals surface area contributed by atoms with E-state index in [1.54, 1.807) is 20.8 Å². The smallest absolute Gasteiger partial charge is 0.320 e. The van der Waals surface area contributed by atoms with Crippen LogP contribution in [0.2, 0.25) is 0 Å². The van der Waals surface area contributed by atoms with Crippen molar-refractivity contribution in [3.05, 3.63) is 0 Å². The van der Waals surface area contributed by atoms with Gasteiger partial charge in [0.1, 0.15) is 16.8 Å². The lowest BCUT2D eigenvalue weighted by Crippen LogP contribution is -2.35. The van der Waals surface area contributed by atoms with Gasteiger partial charge in [-0.2, -0.15) is 0 Å². The van der Waals surface area contributed by atoms with Gasteiger partial charge in [0.05, 0.1) is 0 Å². The van der Waals surface area contributed by atoms with E-state index in [4.69, 9.17) is 39.5 Å². The Hall–Kier alpha value is 0.01000. The summed E-state index contributed by atoms with van der Waals surface area (Å²) in [5.41, 5.74) is -1.75. The highest BCUT2D eigenvalue weighted by Gasteiger charge is 2.66. The molecule has 2 atom stereocenters. The molecule has 0 bridgehead atoms. The van der Waals surface area contributed by atoms with Crippen LogP contribution in [0, 0.1) is 11.3 Å². The first-order valence-corrected chi connectivity index (χ1v) is 6.83. The third-order valence-electron chi connectivity index (χ3n) is 2.97. The average molecular weight is 316 g/mol. The van der Waals surface area contributed by atoms with Crippen LogP contribution in [0.1, 0.15) is 40.5 Å². The molecule has 18 heavy (non-hydrogen) atoms. The summed E-state index contributed by atoms with van der Waals surface area (Å²) in [6, 6.07) is 0. The van der Waals surface area contributed by atoms with Crippen LogP contribution in [0.15, 0.2) is 0 Å². The first-order chi connectivity index (χ1) is 7.88. The lowest BCUT2D eigenvalue weighted by atomic mass is 9.97. The minimum Gasteiger partial charge on any atom is -0.459 e. The molecule has 3 nitrogen and oxygen atoms in total. The van der Waals surface area contributed by atoms with Gasteiger partial charge in [-0.1, -0.05) is 34.8 Å². The molecule has 0 aromatic rings. The third-order valence-corrected chi connectivity index (χ3v) is 3.44. The summed E-state index contributed by atoms with van der Waals surface area (Å²) in [6.07, 6.45) is 0.571. The molecular formula is C12H17Cl3O3. The van der Waals surface area contributed by atoms with Crippen molar-refractivity contribution in [1.82, 2.24) is 0 Å². The Kier molecular flexibility index (Phi) is 4.32. The van der Waals surface area contributed by atoms with Gasteiger partial charge in [0.15, 0.2) is 3.79 Å². The van der Waals surface area contributed by atoms with Crippen molar-refractivity contribution in [2.24, 2.45) is 11.3 Å². The van der Waals surface area contributed by atoms with Crippen molar-refractivity contribution < 1.29 is 14.3 Å². The van der Waals surface area contributed by atoms with Crippen LogP contribution in [0.3, 0.4) is 0 Å². The number of hydrogen-bond acceptors (Lipinski definition) is 3. The molecule has 0 amide bonds. The fraction of sp³-hybridized carbons (Fsp3) is 0.833. The summed E-state index contributed by atoms with van der Waals surface area (Å²) in [5, 5.41) is 0. The predicted octanol–water partition coefficient (Wildman–Crippen LogP) is 3.68. The van der Waals surface area contributed by atoms with Crippen LogP contribution < -0.4 is 0 Å². The van der Waals surface area contributed by atoms with E-state index in [1.165, 1.54) is 6.92 Å². The first-order valence-electron chi connectivity index (χ1n) is 5.70. The fourth-order valence-corrected chi connectivity index (χ4v) is 2.61. The lowest BCUT2D eigenvalue weighted by molar-refractivity contribution is -0.164. The normalized spacial score (nSPS) is 27.8. The Balaban J connectivity index is 2.81. The van der Waals surface area contributed by atoms with Gasteiger partial charge in [-0.3, -0.25) is 9.59 Å². The van der Waals surface area contributed by atoms with Gasteiger partial charge in [-0.25, -0.2) is 0 Å². The Morgan fingerprint density at radius 3 is 2.11 bits per heavy atom. The summed E-state index contributed by atoms with van der Waals surface area (Å²) in [5.74, 6) is -0.991. The maximum Gasteiger partial charge on any atom is 0.320 e. The molecule has 1 saturated carbocycles. The van der Waals surface area contributed by atoms with Crippen LogP contribution in [-0.2, 0) is 14.3 Å². The molecule has 0 aromatic heterocycles. The molecule has 1 aliphatic carbocycles. The second-order valence-electron chi connectivity index (χ2n) is 5.75. The maximum atomic E-state index is 12.1. The second kappa shape index (κ2) is 4.84. The Morgan fingerprint density at radius 2 is 1.78 bits per heavy atom. The zero-order valence-electron chi connectivity index (χ0n) is 10.9. The molecule has 0 unspecified atom stereocenters. The zero-order valence-corrected chi connectivity index (χ0v) is 13.1. The zero-order chi connectivity index (χ0) is 14.4. The Morgan fingerprint density at radius 1 is 1.28 bits per heavy atom. The van der Waals surface area contributed by atoms with Crippen molar-refractivity contribution >= 4 is 46.6 Å². The topological polar surface area (TPSA) is 43.4 Å². The molecule has 1 aliphatic rings. The lowest BCUT2D eigenvalue weighted by Gasteiger charge is -2.23. The summed E-state index contributed by atoms with van der Waals surface area (Å²) >= 11 is 17.1. The SMILES string of the molecule is CC(=O)[C@]1(C(=O)OC(C)(C)C)C[C@@H]1CC(Cl)(Cl)Cl. The molecule has 0 heterocycles. The van der Waals surface area contributed by atoms with Gasteiger partial charge < -0.3 is 4.74 Å². The van der Waals surface area contributed by atoms with E-state index in [9.17, 15) is 9.59 Å². The van der Waals surface area contributed by atoms with Gasteiger partial charge in [-0.05, 0) is 46.5 Å². The number of hydrogen-bond donors (Lipinski definition) is 0. The van der Waals surface area contributed by atoms with Crippen LogP contribution in [0.4, 0.5) is 0 Å². The van der Waals surface area contributed by atoms with Gasteiger partial charge >= 0.3 is 5.97 Å². The molecule has 104 valence electrons. The highest BCUT2D eigenvalue weighted by Crippen LogP contribution is 2.59. The minimum atomic E-state index is -1.45. The van der Waals surface area contributed by atoms with Crippen LogP contribution in [0.5, 0.6) is 0 Å². The van der Waals surface area contributed by atoms with E-state index >= 15 is 0 Å². The third kappa shape index (κ3) is 3.75. The standard InChI is InChI=1S/C12H17Cl3O3/c1-7(16)11(9(17)18-10(2,3)4)5-8(11)6-12(13,14)15/h8H,5-6H2,1-4H3/t8-,11-/m1/s1. The van der Waals surface area contributed by atoms with E-state index in [0.29, 0.717) is 6.42 Å².